The lowest BCUT2D eigenvalue weighted by Gasteiger charge is -2.01. The molecular formula is C7H17N3OS. The van der Waals surface area contributed by atoms with Crippen LogP contribution in [-0.4, -0.2) is 36.1 Å². The lowest BCUT2D eigenvalue weighted by atomic mass is 10.3. The SMILES string of the molecule is CSCCNCCCC(N)=NO. The fourth-order valence-electron chi connectivity index (χ4n) is 0.744. The van der Waals surface area contributed by atoms with Gasteiger partial charge in [0.15, 0.2) is 0 Å². The van der Waals surface area contributed by atoms with Crippen LogP contribution in [0.25, 0.3) is 0 Å². The van der Waals surface area contributed by atoms with Gasteiger partial charge in [0.2, 0.25) is 0 Å². The van der Waals surface area contributed by atoms with Crippen molar-refractivity contribution >= 4 is 17.6 Å². The molecule has 0 aromatic carbocycles. The number of amidine groups is 1. The standard InChI is InChI=1S/C7H17N3OS/c1-12-6-5-9-4-2-3-7(8)10-11/h9,11H,2-6H2,1H3,(H2,8,10). The zero-order valence-electron chi connectivity index (χ0n) is 7.42. The van der Waals surface area contributed by atoms with Gasteiger partial charge in [-0.1, -0.05) is 5.16 Å². The largest absolute Gasteiger partial charge is 0.409 e. The second kappa shape index (κ2) is 8.67. The molecule has 0 aromatic rings. The highest BCUT2D eigenvalue weighted by Gasteiger charge is 1.92. The van der Waals surface area contributed by atoms with Gasteiger partial charge in [-0.2, -0.15) is 11.8 Å². The number of nitrogens with two attached hydrogens (primary N) is 1. The smallest absolute Gasteiger partial charge is 0.139 e. The second-order valence-corrected chi connectivity index (χ2v) is 3.42. The summed E-state index contributed by atoms with van der Waals surface area (Å²) in [6, 6.07) is 0. The third kappa shape index (κ3) is 7.68. The summed E-state index contributed by atoms with van der Waals surface area (Å²) in [5.74, 6) is 1.44. The van der Waals surface area contributed by atoms with Crippen LogP contribution < -0.4 is 11.1 Å². The zero-order valence-corrected chi connectivity index (χ0v) is 8.23. The van der Waals surface area contributed by atoms with Gasteiger partial charge in [0.25, 0.3) is 0 Å². The van der Waals surface area contributed by atoms with E-state index in [-0.39, 0.29) is 0 Å². The maximum atomic E-state index is 8.21. The first-order chi connectivity index (χ1) is 5.81. The van der Waals surface area contributed by atoms with Crippen LogP contribution in [0.3, 0.4) is 0 Å². The van der Waals surface area contributed by atoms with Gasteiger partial charge in [-0.05, 0) is 19.2 Å². The molecule has 0 aromatic heterocycles. The molecule has 4 nitrogen and oxygen atoms in total. The second-order valence-electron chi connectivity index (χ2n) is 2.44. The normalized spacial score (nSPS) is 11.9. The highest BCUT2D eigenvalue weighted by molar-refractivity contribution is 7.98. The summed E-state index contributed by atoms with van der Waals surface area (Å²) in [7, 11) is 0. The minimum Gasteiger partial charge on any atom is -0.409 e. The first-order valence-electron chi connectivity index (χ1n) is 3.97. The lowest BCUT2D eigenvalue weighted by Crippen LogP contribution is -2.20. The van der Waals surface area contributed by atoms with E-state index in [0.29, 0.717) is 12.3 Å². The van der Waals surface area contributed by atoms with E-state index in [4.69, 9.17) is 10.9 Å². The molecule has 0 aliphatic carbocycles. The summed E-state index contributed by atoms with van der Waals surface area (Å²) < 4.78 is 0. The van der Waals surface area contributed by atoms with Crippen LogP contribution in [-0.2, 0) is 0 Å². The van der Waals surface area contributed by atoms with Crippen LogP contribution >= 0.6 is 11.8 Å². The minimum atomic E-state index is 0.307. The number of nitrogens with zero attached hydrogens (tertiary/aromatic N) is 1. The monoisotopic (exact) mass is 191 g/mol. The molecule has 0 radical (unpaired) electrons. The highest BCUT2D eigenvalue weighted by Crippen LogP contribution is 1.89. The maximum Gasteiger partial charge on any atom is 0.139 e. The lowest BCUT2D eigenvalue weighted by molar-refractivity contribution is 0.316. The summed E-state index contributed by atoms with van der Waals surface area (Å²) in [4.78, 5) is 0. The van der Waals surface area contributed by atoms with Gasteiger partial charge in [0.1, 0.15) is 5.84 Å². The van der Waals surface area contributed by atoms with E-state index in [9.17, 15) is 0 Å². The number of thioether (sulfide) groups is 1. The molecule has 0 spiro atoms. The van der Waals surface area contributed by atoms with Gasteiger partial charge >= 0.3 is 0 Å². The fourth-order valence-corrected chi connectivity index (χ4v) is 1.09. The number of nitrogens with one attached hydrogen (secondary N) is 1. The minimum absolute atomic E-state index is 0.307. The Labute approximate surface area is 77.6 Å². The third-order valence-corrected chi connectivity index (χ3v) is 2.01. The van der Waals surface area contributed by atoms with Crippen molar-refractivity contribution in [3.05, 3.63) is 0 Å². The first-order valence-corrected chi connectivity index (χ1v) is 5.36. The number of oxime groups is 1. The topological polar surface area (TPSA) is 70.6 Å². The molecule has 0 atom stereocenters. The molecule has 0 aliphatic rings. The highest BCUT2D eigenvalue weighted by atomic mass is 32.2. The fraction of sp³-hybridized carbons (Fsp3) is 0.857. The van der Waals surface area contributed by atoms with Gasteiger partial charge in [0, 0.05) is 18.7 Å². The molecule has 0 unspecified atom stereocenters. The van der Waals surface area contributed by atoms with E-state index < -0.39 is 0 Å². The molecule has 0 fully saturated rings. The predicted molar refractivity (Wildman–Crippen MR) is 53.9 cm³/mol. The van der Waals surface area contributed by atoms with Crippen LogP contribution in [0.2, 0.25) is 0 Å². The van der Waals surface area contributed by atoms with Crippen molar-refractivity contribution in [2.24, 2.45) is 10.9 Å². The molecule has 0 saturated carbocycles. The Kier molecular flexibility index (Phi) is 8.37. The molecule has 0 saturated heterocycles. The van der Waals surface area contributed by atoms with E-state index in [1.807, 2.05) is 11.8 Å². The molecule has 0 amide bonds. The quantitative estimate of drug-likeness (QED) is 0.180. The van der Waals surface area contributed by atoms with Gasteiger partial charge in [-0.15, -0.1) is 0 Å². The Morgan fingerprint density at radius 2 is 2.33 bits per heavy atom. The van der Waals surface area contributed by atoms with Crippen molar-refractivity contribution in [1.29, 1.82) is 0 Å². The molecule has 5 heteroatoms. The van der Waals surface area contributed by atoms with E-state index in [0.717, 1.165) is 25.3 Å². The molecule has 4 N–H and O–H groups in total. The third-order valence-electron chi connectivity index (χ3n) is 1.40. The molecule has 72 valence electrons. The van der Waals surface area contributed by atoms with Gasteiger partial charge in [-0.3, -0.25) is 0 Å². The van der Waals surface area contributed by atoms with Crippen molar-refractivity contribution in [3.8, 4) is 0 Å². The first kappa shape index (κ1) is 11.6. The molecule has 0 aliphatic heterocycles. The van der Waals surface area contributed by atoms with E-state index in [2.05, 4.69) is 16.7 Å². The van der Waals surface area contributed by atoms with E-state index >= 15 is 0 Å². The van der Waals surface area contributed by atoms with Gasteiger partial charge in [0.05, 0.1) is 0 Å². The van der Waals surface area contributed by atoms with Crippen LogP contribution in [0.4, 0.5) is 0 Å². The Balaban J connectivity index is 3.00. The zero-order chi connectivity index (χ0) is 9.23. The van der Waals surface area contributed by atoms with E-state index in [1.54, 1.807) is 0 Å². The summed E-state index contributed by atoms with van der Waals surface area (Å²) >= 11 is 1.82. The Hall–Kier alpha value is -0.420. The van der Waals surface area contributed by atoms with E-state index in [1.165, 1.54) is 0 Å². The van der Waals surface area contributed by atoms with Crippen molar-refractivity contribution in [2.75, 3.05) is 25.1 Å². The van der Waals surface area contributed by atoms with Crippen LogP contribution in [0.1, 0.15) is 12.8 Å². The average Bonchev–Trinajstić information content (AvgIpc) is 2.10. The Bertz CT molecular complexity index is 130. The Morgan fingerprint density at radius 1 is 1.58 bits per heavy atom. The van der Waals surface area contributed by atoms with Crippen molar-refractivity contribution in [3.63, 3.8) is 0 Å². The molecule has 12 heavy (non-hydrogen) atoms. The maximum absolute atomic E-state index is 8.21. The van der Waals surface area contributed by atoms with Crippen molar-refractivity contribution < 1.29 is 5.21 Å². The van der Waals surface area contributed by atoms with Crippen LogP contribution in [0, 0.1) is 0 Å². The number of hydrogen-bond acceptors (Lipinski definition) is 4. The Morgan fingerprint density at radius 3 is 2.92 bits per heavy atom. The summed E-state index contributed by atoms with van der Waals surface area (Å²) in [6.45, 7) is 1.95. The summed E-state index contributed by atoms with van der Waals surface area (Å²) in [5, 5.41) is 14.4. The van der Waals surface area contributed by atoms with Crippen molar-refractivity contribution in [2.45, 2.75) is 12.8 Å². The number of rotatable bonds is 7. The molecule has 0 bridgehead atoms. The average molecular weight is 191 g/mol. The van der Waals surface area contributed by atoms with Crippen LogP contribution in [0.5, 0.6) is 0 Å². The predicted octanol–water partition coefficient (Wildman–Crippen LogP) is 0.466. The molecule has 0 heterocycles. The van der Waals surface area contributed by atoms with Crippen LogP contribution in [0.15, 0.2) is 5.16 Å². The van der Waals surface area contributed by atoms with Gasteiger partial charge in [-0.25, -0.2) is 0 Å². The molecule has 0 rings (SSSR count). The number of hydrogen-bond donors (Lipinski definition) is 3. The summed E-state index contributed by atoms with van der Waals surface area (Å²) in [6.07, 6.45) is 3.66. The molecular weight excluding hydrogens is 174 g/mol. The van der Waals surface area contributed by atoms with Crippen molar-refractivity contribution in [1.82, 2.24) is 5.32 Å². The summed E-state index contributed by atoms with van der Waals surface area (Å²) in [5.41, 5.74) is 5.28. The van der Waals surface area contributed by atoms with Gasteiger partial charge < -0.3 is 16.3 Å².